The largest absolute Gasteiger partial charge is 0.479 e. The first-order valence-electron chi connectivity index (χ1n) is 6.76. The number of nitrogens with one attached hydrogen (secondary N) is 2. The number of hydrogen-bond acceptors (Lipinski definition) is 4. The lowest BCUT2D eigenvalue weighted by Crippen LogP contribution is -2.54. The fourth-order valence-electron chi connectivity index (χ4n) is 2.61. The molecule has 0 bridgehead atoms. The highest BCUT2D eigenvalue weighted by molar-refractivity contribution is 5.90. The maximum atomic E-state index is 12.4. The molecule has 1 amide bonds. The summed E-state index contributed by atoms with van der Waals surface area (Å²) in [6.07, 6.45) is 5.35. The van der Waals surface area contributed by atoms with Crippen LogP contribution in [0, 0.1) is 0 Å². The van der Waals surface area contributed by atoms with Gasteiger partial charge in [-0.2, -0.15) is 5.10 Å². The van der Waals surface area contributed by atoms with Gasteiger partial charge in [0.2, 0.25) is 5.91 Å². The summed E-state index contributed by atoms with van der Waals surface area (Å²) in [5.74, 6) is -1.34. The van der Waals surface area contributed by atoms with Crippen LogP contribution < -0.4 is 10.6 Å². The van der Waals surface area contributed by atoms with Gasteiger partial charge >= 0.3 is 5.97 Å². The minimum Gasteiger partial charge on any atom is -0.479 e. The van der Waals surface area contributed by atoms with Crippen LogP contribution in [0.5, 0.6) is 0 Å². The summed E-state index contributed by atoms with van der Waals surface area (Å²) in [6.45, 7) is 2.71. The second-order valence-electron chi connectivity index (χ2n) is 5.16. The Kier molecular flexibility index (Phi) is 4.08. The Morgan fingerprint density at radius 2 is 2.40 bits per heavy atom. The van der Waals surface area contributed by atoms with E-state index in [0.717, 1.165) is 19.4 Å². The number of hydrogen-bond donors (Lipinski definition) is 3. The van der Waals surface area contributed by atoms with E-state index < -0.39 is 17.6 Å². The summed E-state index contributed by atoms with van der Waals surface area (Å²) in [5.41, 5.74) is -0.173. The first-order valence-corrected chi connectivity index (χ1v) is 6.76. The average molecular weight is 280 g/mol. The molecule has 0 radical (unpaired) electrons. The van der Waals surface area contributed by atoms with Crippen LogP contribution in [0.1, 0.15) is 37.8 Å². The third kappa shape index (κ3) is 2.67. The van der Waals surface area contributed by atoms with E-state index in [2.05, 4.69) is 15.7 Å². The molecular formula is C13H20N4O3. The molecule has 2 atom stereocenters. The van der Waals surface area contributed by atoms with Crippen LogP contribution in [-0.2, 0) is 16.6 Å². The predicted octanol–water partition coefficient (Wildman–Crippen LogP) is 0.194. The van der Waals surface area contributed by atoms with E-state index in [1.165, 1.54) is 10.9 Å². The summed E-state index contributed by atoms with van der Waals surface area (Å²) < 4.78 is 1.51. The quantitative estimate of drug-likeness (QED) is 0.715. The number of carbonyl (C=O) groups excluding carboxylic acids is 1. The molecule has 0 aromatic carbocycles. The minimum absolute atomic E-state index is 0.256. The third-order valence-corrected chi connectivity index (χ3v) is 3.86. The molecule has 0 spiro atoms. The summed E-state index contributed by atoms with van der Waals surface area (Å²) in [6, 6.07) is -1.07. The Morgan fingerprint density at radius 3 is 2.85 bits per heavy atom. The fourth-order valence-corrected chi connectivity index (χ4v) is 2.61. The van der Waals surface area contributed by atoms with Gasteiger partial charge in [-0.05, 0) is 25.8 Å². The van der Waals surface area contributed by atoms with Crippen molar-refractivity contribution in [3.05, 3.63) is 18.0 Å². The van der Waals surface area contributed by atoms with Gasteiger partial charge in [-0.15, -0.1) is 0 Å². The number of rotatable bonds is 5. The molecule has 1 fully saturated rings. The van der Waals surface area contributed by atoms with Gasteiger partial charge in [0.15, 0.2) is 6.04 Å². The number of nitrogens with zero attached hydrogens (tertiary/aromatic N) is 2. The van der Waals surface area contributed by atoms with E-state index in [1.54, 1.807) is 13.2 Å². The fraction of sp³-hybridized carbons (Fsp3) is 0.615. The van der Waals surface area contributed by atoms with Crippen LogP contribution >= 0.6 is 0 Å². The summed E-state index contributed by atoms with van der Waals surface area (Å²) in [5, 5.41) is 19.1. The Morgan fingerprint density at radius 1 is 1.65 bits per heavy atom. The van der Waals surface area contributed by atoms with Crippen molar-refractivity contribution in [3.63, 3.8) is 0 Å². The lowest BCUT2D eigenvalue weighted by molar-refractivity contribution is -0.143. The van der Waals surface area contributed by atoms with Crippen molar-refractivity contribution in [1.82, 2.24) is 20.4 Å². The topological polar surface area (TPSA) is 96.2 Å². The van der Waals surface area contributed by atoms with E-state index in [-0.39, 0.29) is 5.91 Å². The molecule has 2 unspecified atom stereocenters. The van der Waals surface area contributed by atoms with Gasteiger partial charge in [0.05, 0.1) is 11.7 Å². The van der Waals surface area contributed by atoms with Crippen molar-refractivity contribution in [1.29, 1.82) is 0 Å². The number of carbonyl (C=O) groups is 2. The highest BCUT2D eigenvalue weighted by atomic mass is 16.4. The van der Waals surface area contributed by atoms with Crippen molar-refractivity contribution < 1.29 is 14.7 Å². The van der Waals surface area contributed by atoms with Crippen molar-refractivity contribution in [2.24, 2.45) is 7.05 Å². The molecular weight excluding hydrogens is 260 g/mol. The number of carboxylic acid groups (broad SMARTS) is 1. The van der Waals surface area contributed by atoms with Crippen LogP contribution in [0.3, 0.4) is 0 Å². The van der Waals surface area contributed by atoms with Crippen LogP contribution in [0.25, 0.3) is 0 Å². The molecule has 1 aromatic rings. The molecule has 0 saturated carbocycles. The highest BCUT2D eigenvalue weighted by Crippen LogP contribution is 2.24. The predicted molar refractivity (Wildman–Crippen MR) is 72.0 cm³/mol. The second-order valence-corrected chi connectivity index (χ2v) is 5.16. The molecule has 7 heteroatoms. The first-order chi connectivity index (χ1) is 9.48. The number of amides is 1. The lowest BCUT2D eigenvalue weighted by Gasteiger charge is -2.28. The molecule has 7 nitrogen and oxygen atoms in total. The smallest absolute Gasteiger partial charge is 0.331 e. The number of aromatic nitrogens is 2. The van der Waals surface area contributed by atoms with Gasteiger partial charge in [-0.25, -0.2) is 4.79 Å². The maximum Gasteiger partial charge on any atom is 0.331 e. The maximum absolute atomic E-state index is 12.4. The van der Waals surface area contributed by atoms with Crippen molar-refractivity contribution in [2.45, 2.75) is 37.8 Å². The zero-order valence-electron chi connectivity index (χ0n) is 11.7. The lowest BCUT2D eigenvalue weighted by atomic mass is 9.92. The molecule has 1 aliphatic rings. The van der Waals surface area contributed by atoms with Crippen molar-refractivity contribution >= 4 is 11.9 Å². The van der Waals surface area contributed by atoms with Gasteiger partial charge < -0.3 is 15.7 Å². The number of carboxylic acids is 1. The van der Waals surface area contributed by atoms with Gasteiger partial charge in [0, 0.05) is 18.8 Å². The second kappa shape index (κ2) is 5.62. The average Bonchev–Trinajstić information content (AvgIpc) is 3.04. The number of aryl methyl sites for hydroxylation is 1. The molecule has 110 valence electrons. The van der Waals surface area contributed by atoms with Crippen molar-refractivity contribution in [3.8, 4) is 0 Å². The highest BCUT2D eigenvalue weighted by Gasteiger charge is 2.41. The first kappa shape index (κ1) is 14.5. The zero-order valence-corrected chi connectivity index (χ0v) is 11.7. The standard InChI is InChI=1S/C13H20N4O3/c1-3-13(5-4-6-14-13)12(20)16-10(11(18)19)9-7-15-17(2)8-9/h7-8,10,14H,3-6H2,1-2H3,(H,16,20)(H,18,19). The Bertz CT molecular complexity index is 505. The van der Waals surface area contributed by atoms with Gasteiger partial charge in [0.1, 0.15) is 0 Å². The van der Waals surface area contributed by atoms with E-state index in [0.29, 0.717) is 12.0 Å². The van der Waals surface area contributed by atoms with Gasteiger partial charge in [0.25, 0.3) is 0 Å². The molecule has 3 N–H and O–H groups in total. The van der Waals surface area contributed by atoms with E-state index in [4.69, 9.17) is 0 Å². The summed E-state index contributed by atoms with van der Waals surface area (Å²) in [4.78, 5) is 23.8. The molecule has 2 rings (SSSR count). The summed E-state index contributed by atoms with van der Waals surface area (Å²) in [7, 11) is 1.70. The Balaban J connectivity index is 2.16. The molecule has 20 heavy (non-hydrogen) atoms. The van der Waals surface area contributed by atoms with Gasteiger partial charge in [-0.1, -0.05) is 6.92 Å². The molecule has 1 saturated heterocycles. The minimum atomic E-state index is -1.09. The molecule has 1 aromatic heterocycles. The van der Waals surface area contributed by atoms with Crippen molar-refractivity contribution in [2.75, 3.05) is 6.54 Å². The molecule has 0 aliphatic carbocycles. The SMILES string of the molecule is CCC1(C(=O)NC(C(=O)O)c2cnn(C)c2)CCCN1. The van der Waals surface area contributed by atoms with Crippen LogP contribution in [-0.4, -0.2) is 38.8 Å². The molecule has 2 heterocycles. The summed E-state index contributed by atoms with van der Waals surface area (Å²) >= 11 is 0. The number of aliphatic carboxylic acids is 1. The van der Waals surface area contributed by atoms with Crippen LogP contribution in [0.15, 0.2) is 12.4 Å². The van der Waals surface area contributed by atoms with E-state index >= 15 is 0 Å². The van der Waals surface area contributed by atoms with E-state index in [9.17, 15) is 14.7 Å². The van der Waals surface area contributed by atoms with Crippen LogP contribution in [0.2, 0.25) is 0 Å². The van der Waals surface area contributed by atoms with Crippen LogP contribution in [0.4, 0.5) is 0 Å². The molecule has 1 aliphatic heterocycles. The monoisotopic (exact) mass is 280 g/mol. The normalized spacial score (nSPS) is 23.5. The Hall–Kier alpha value is -1.89. The Labute approximate surface area is 117 Å². The third-order valence-electron chi connectivity index (χ3n) is 3.86. The van der Waals surface area contributed by atoms with Gasteiger partial charge in [-0.3, -0.25) is 9.48 Å². The van der Waals surface area contributed by atoms with E-state index in [1.807, 2.05) is 6.92 Å². The zero-order chi connectivity index (χ0) is 14.8.